The van der Waals surface area contributed by atoms with Gasteiger partial charge in [0.15, 0.2) is 0 Å². The molecule has 3 nitrogen and oxygen atoms in total. The van der Waals surface area contributed by atoms with Crippen LogP contribution in [0.15, 0.2) is 27.1 Å². The number of rotatable bonds is 5. The molecule has 0 saturated carbocycles. The molecule has 0 aliphatic heterocycles. The molecule has 0 unspecified atom stereocenters. The van der Waals surface area contributed by atoms with Gasteiger partial charge in [0.1, 0.15) is 0 Å². The van der Waals surface area contributed by atoms with Gasteiger partial charge in [-0.25, -0.2) is 0 Å². The van der Waals surface area contributed by atoms with Crippen LogP contribution in [0, 0.1) is 6.92 Å². The summed E-state index contributed by atoms with van der Waals surface area (Å²) in [6.07, 6.45) is 0.939. The SMILES string of the molecule is CCc1nn(CC)c(CNc2ccc(C)cc2Br)c1Br. The fourth-order valence-electron chi connectivity index (χ4n) is 2.13. The number of hydrogen-bond donors (Lipinski definition) is 1. The Kier molecular flexibility index (Phi) is 5.27. The van der Waals surface area contributed by atoms with Gasteiger partial charge in [0.25, 0.3) is 0 Å². The maximum absolute atomic E-state index is 4.61. The van der Waals surface area contributed by atoms with Crippen molar-refractivity contribution < 1.29 is 0 Å². The third kappa shape index (κ3) is 3.26. The van der Waals surface area contributed by atoms with Gasteiger partial charge in [-0.2, -0.15) is 5.10 Å². The Bertz CT molecular complexity index is 605. The van der Waals surface area contributed by atoms with Gasteiger partial charge < -0.3 is 5.32 Å². The van der Waals surface area contributed by atoms with Crippen LogP contribution in [0.4, 0.5) is 5.69 Å². The smallest absolute Gasteiger partial charge is 0.0767 e. The number of nitrogens with zero attached hydrogens (tertiary/aromatic N) is 2. The highest BCUT2D eigenvalue weighted by Gasteiger charge is 2.13. The molecule has 0 fully saturated rings. The average molecular weight is 401 g/mol. The molecule has 0 radical (unpaired) electrons. The lowest BCUT2D eigenvalue weighted by molar-refractivity contribution is 0.619. The lowest BCUT2D eigenvalue weighted by Crippen LogP contribution is -2.08. The van der Waals surface area contributed by atoms with Gasteiger partial charge in [-0.15, -0.1) is 0 Å². The number of benzene rings is 1. The Morgan fingerprint density at radius 3 is 2.60 bits per heavy atom. The first-order chi connectivity index (χ1) is 9.56. The lowest BCUT2D eigenvalue weighted by atomic mass is 10.2. The van der Waals surface area contributed by atoms with E-state index in [1.54, 1.807) is 0 Å². The van der Waals surface area contributed by atoms with Gasteiger partial charge >= 0.3 is 0 Å². The number of hydrogen-bond acceptors (Lipinski definition) is 2. The van der Waals surface area contributed by atoms with Crippen LogP contribution in [0.3, 0.4) is 0 Å². The van der Waals surface area contributed by atoms with Crippen LogP contribution in [-0.2, 0) is 19.5 Å². The van der Waals surface area contributed by atoms with E-state index >= 15 is 0 Å². The molecular formula is C15H19Br2N3. The highest BCUT2D eigenvalue weighted by atomic mass is 79.9. The topological polar surface area (TPSA) is 29.9 Å². The van der Waals surface area contributed by atoms with Crippen LogP contribution in [0.1, 0.15) is 30.8 Å². The predicted octanol–water partition coefficient (Wildman–Crippen LogP) is 4.91. The van der Waals surface area contributed by atoms with E-state index in [1.807, 2.05) is 0 Å². The summed E-state index contributed by atoms with van der Waals surface area (Å²) in [5.74, 6) is 0. The Hall–Kier alpha value is -0.810. The molecule has 0 spiro atoms. The fourth-order valence-corrected chi connectivity index (χ4v) is 3.47. The van der Waals surface area contributed by atoms with E-state index in [1.165, 1.54) is 11.3 Å². The van der Waals surface area contributed by atoms with Crippen LogP contribution in [0.2, 0.25) is 0 Å². The minimum Gasteiger partial charge on any atom is -0.378 e. The van der Waals surface area contributed by atoms with Crippen LogP contribution in [-0.4, -0.2) is 9.78 Å². The first-order valence-electron chi connectivity index (χ1n) is 6.80. The quantitative estimate of drug-likeness (QED) is 0.772. The Balaban J connectivity index is 2.20. The Morgan fingerprint density at radius 2 is 2.00 bits per heavy atom. The predicted molar refractivity (Wildman–Crippen MR) is 91.2 cm³/mol. The zero-order valence-electron chi connectivity index (χ0n) is 12.0. The van der Waals surface area contributed by atoms with E-state index < -0.39 is 0 Å². The lowest BCUT2D eigenvalue weighted by Gasteiger charge is -2.11. The van der Waals surface area contributed by atoms with E-state index in [0.29, 0.717) is 0 Å². The van der Waals surface area contributed by atoms with Crippen molar-refractivity contribution in [2.24, 2.45) is 0 Å². The number of aromatic nitrogens is 2. The van der Waals surface area contributed by atoms with E-state index in [4.69, 9.17) is 0 Å². The molecule has 0 aliphatic carbocycles. The van der Waals surface area contributed by atoms with Gasteiger partial charge in [0, 0.05) is 16.7 Å². The molecular weight excluding hydrogens is 382 g/mol. The highest BCUT2D eigenvalue weighted by molar-refractivity contribution is 9.11. The second-order valence-corrected chi connectivity index (χ2v) is 6.36. The van der Waals surface area contributed by atoms with Crippen LogP contribution in [0.25, 0.3) is 0 Å². The number of anilines is 1. The van der Waals surface area contributed by atoms with E-state index in [2.05, 4.69) is 85.9 Å². The first-order valence-corrected chi connectivity index (χ1v) is 8.39. The first kappa shape index (κ1) is 15.6. The van der Waals surface area contributed by atoms with Crippen molar-refractivity contribution in [3.05, 3.63) is 44.1 Å². The van der Waals surface area contributed by atoms with Crippen LogP contribution in [0.5, 0.6) is 0 Å². The second-order valence-electron chi connectivity index (χ2n) is 4.71. The summed E-state index contributed by atoms with van der Waals surface area (Å²) in [5, 5.41) is 8.09. The van der Waals surface area contributed by atoms with Crippen molar-refractivity contribution in [3.8, 4) is 0 Å². The number of halogens is 2. The van der Waals surface area contributed by atoms with Gasteiger partial charge in [-0.05, 0) is 69.8 Å². The molecule has 108 valence electrons. The second kappa shape index (κ2) is 6.76. The molecule has 1 aromatic heterocycles. The van der Waals surface area contributed by atoms with Gasteiger partial charge in [0.05, 0.1) is 22.4 Å². The van der Waals surface area contributed by atoms with Crippen molar-refractivity contribution in [2.75, 3.05) is 5.32 Å². The van der Waals surface area contributed by atoms with Crippen LogP contribution >= 0.6 is 31.9 Å². The van der Waals surface area contributed by atoms with E-state index in [-0.39, 0.29) is 0 Å². The zero-order chi connectivity index (χ0) is 14.7. The molecule has 0 saturated heterocycles. The molecule has 20 heavy (non-hydrogen) atoms. The molecule has 2 rings (SSSR count). The molecule has 1 aromatic carbocycles. The number of aryl methyl sites for hydroxylation is 3. The monoisotopic (exact) mass is 399 g/mol. The summed E-state index contributed by atoms with van der Waals surface area (Å²) < 4.78 is 4.27. The molecule has 5 heteroatoms. The minimum atomic E-state index is 0.753. The highest BCUT2D eigenvalue weighted by Crippen LogP contribution is 2.26. The zero-order valence-corrected chi connectivity index (χ0v) is 15.2. The normalized spacial score (nSPS) is 10.8. The maximum Gasteiger partial charge on any atom is 0.0767 e. The fraction of sp³-hybridized carbons (Fsp3) is 0.400. The third-order valence-electron chi connectivity index (χ3n) is 3.27. The summed E-state index contributed by atoms with van der Waals surface area (Å²) in [6, 6.07) is 6.32. The summed E-state index contributed by atoms with van der Waals surface area (Å²) in [4.78, 5) is 0. The summed E-state index contributed by atoms with van der Waals surface area (Å²) in [6.45, 7) is 7.96. The Morgan fingerprint density at radius 1 is 1.25 bits per heavy atom. The molecule has 0 amide bonds. The van der Waals surface area contributed by atoms with Gasteiger partial charge in [0.2, 0.25) is 0 Å². The minimum absolute atomic E-state index is 0.753. The molecule has 1 heterocycles. The molecule has 1 N–H and O–H groups in total. The molecule has 0 aliphatic rings. The van der Waals surface area contributed by atoms with Crippen molar-refractivity contribution in [1.82, 2.24) is 9.78 Å². The largest absolute Gasteiger partial charge is 0.378 e. The van der Waals surface area contributed by atoms with Gasteiger partial charge in [-0.3, -0.25) is 4.68 Å². The van der Waals surface area contributed by atoms with E-state index in [0.717, 1.165) is 39.8 Å². The standard InChI is InChI=1S/C15H19Br2N3/c1-4-12-15(17)14(20(5-2)19-12)9-18-13-7-6-10(3)8-11(13)16/h6-8,18H,4-5,9H2,1-3H3. The van der Waals surface area contributed by atoms with Gasteiger partial charge in [-0.1, -0.05) is 13.0 Å². The van der Waals surface area contributed by atoms with Crippen molar-refractivity contribution in [3.63, 3.8) is 0 Å². The van der Waals surface area contributed by atoms with Crippen molar-refractivity contribution >= 4 is 37.5 Å². The third-order valence-corrected chi connectivity index (χ3v) is 4.84. The summed E-state index contributed by atoms with van der Waals surface area (Å²) in [5.41, 5.74) is 4.66. The number of nitrogens with one attached hydrogen (secondary N) is 1. The Labute approximate surface area is 137 Å². The maximum atomic E-state index is 4.61. The summed E-state index contributed by atoms with van der Waals surface area (Å²) >= 11 is 7.27. The van der Waals surface area contributed by atoms with E-state index in [9.17, 15) is 0 Å². The van der Waals surface area contributed by atoms with Crippen LogP contribution < -0.4 is 5.32 Å². The summed E-state index contributed by atoms with van der Waals surface area (Å²) in [7, 11) is 0. The average Bonchev–Trinajstić information content (AvgIpc) is 2.74. The molecule has 0 atom stereocenters. The molecule has 0 bridgehead atoms. The molecule has 2 aromatic rings. The van der Waals surface area contributed by atoms with Crippen molar-refractivity contribution in [2.45, 2.75) is 40.3 Å². The van der Waals surface area contributed by atoms with Crippen molar-refractivity contribution in [1.29, 1.82) is 0 Å².